The summed E-state index contributed by atoms with van der Waals surface area (Å²) in [4.78, 5) is 12.4. The molecule has 2 unspecified atom stereocenters. The van der Waals surface area contributed by atoms with Crippen molar-refractivity contribution < 1.29 is 30.2 Å². The highest BCUT2D eigenvalue weighted by molar-refractivity contribution is 5.73. The number of carbonyl (C=O) groups is 1. The first-order chi connectivity index (χ1) is 18.8. The maximum Gasteiger partial charge on any atom is 0.217 e. The van der Waals surface area contributed by atoms with Gasteiger partial charge in [0, 0.05) is 19.9 Å². The van der Waals surface area contributed by atoms with Crippen LogP contribution in [0.25, 0.3) is 0 Å². The lowest BCUT2D eigenvalue weighted by atomic mass is 9.86. The van der Waals surface area contributed by atoms with E-state index < -0.39 is 36.7 Å². The fraction of sp³-hybridized carbons (Fsp3) is 0.387. The molecule has 0 aliphatic carbocycles. The summed E-state index contributed by atoms with van der Waals surface area (Å²) in [5.74, 6) is -2.18. The summed E-state index contributed by atoms with van der Waals surface area (Å²) in [6, 6.07) is 27.8. The van der Waals surface area contributed by atoms with Gasteiger partial charge in [-0.25, -0.2) is 0 Å². The van der Waals surface area contributed by atoms with Crippen LogP contribution >= 0.6 is 0 Å². The zero-order valence-electron chi connectivity index (χ0n) is 22.9. The molecule has 1 fully saturated rings. The standard InChI is InChI=1S/C31H37NO6/c1-3-36-28-27(22-35-20-25-15-9-5-10-16-25)38-31(34,19-24-13-7-4-8-14-24)30(32-23(2)33)29(28)37-21-26-17-11-6-12-18-26/h4-18,27-30,34H,3,19-22H2,1-2H3,(H,32,33)/t27-,28-,29+,30-,31?/m1/s1/i3D/t3?,27-,28-,29+,30-,31?. The van der Waals surface area contributed by atoms with Crippen molar-refractivity contribution in [3.05, 3.63) is 108 Å². The molecule has 0 aromatic heterocycles. The van der Waals surface area contributed by atoms with Crippen molar-refractivity contribution in [2.24, 2.45) is 0 Å². The maximum atomic E-state index is 12.4. The largest absolute Gasteiger partial charge is 0.374 e. The van der Waals surface area contributed by atoms with Gasteiger partial charge in [0.25, 0.3) is 0 Å². The minimum absolute atomic E-state index is 0.0847. The third kappa shape index (κ3) is 7.49. The zero-order valence-corrected chi connectivity index (χ0v) is 21.9. The summed E-state index contributed by atoms with van der Waals surface area (Å²) < 4.78 is 33.0. The summed E-state index contributed by atoms with van der Waals surface area (Å²) in [5.41, 5.74) is 2.74. The Balaban J connectivity index is 1.66. The summed E-state index contributed by atoms with van der Waals surface area (Å²) in [6.45, 7) is 2.72. The van der Waals surface area contributed by atoms with Crippen molar-refractivity contribution in [3.63, 3.8) is 0 Å². The van der Waals surface area contributed by atoms with Gasteiger partial charge in [-0.2, -0.15) is 0 Å². The number of nitrogens with one attached hydrogen (secondary N) is 1. The molecule has 3 aromatic rings. The van der Waals surface area contributed by atoms with Crippen LogP contribution in [0.1, 0.15) is 31.9 Å². The van der Waals surface area contributed by atoms with E-state index in [0.29, 0.717) is 6.61 Å². The first kappa shape index (κ1) is 26.5. The molecule has 1 aliphatic heterocycles. The topological polar surface area (TPSA) is 86.3 Å². The third-order valence-corrected chi connectivity index (χ3v) is 6.49. The van der Waals surface area contributed by atoms with Crippen molar-refractivity contribution in [1.29, 1.82) is 0 Å². The predicted octanol–water partition coefficient (Wildman–Crippen LogP) is 4.03. The Hall–Kier alpha value is -3.07. The van der Waals surface area contributed by atoms with Crippen LogP contribution in [0.3, 0.4) is 0 Å². The van der Waals surface area contributed by atoms with Gasteiger partial charge in [0.2, 0.25) is 5.91 Å². The van der Waals surface area contributed by atoms with Crippen LogP contribution in [0, 0.1) is 0 Å². The number of amides is 1. The van der Waals surface area contributed by atoms with Crippen LogP contribution < -0.4 is 5.32 Å². The van der Waals surface area contributed by atoms with Gasteiger partial charge in [-0.05, 0) is 23.6 Å². The minimum Gasteiger partial charge on any atom is -0.374 e. The molecule has 202 valence electrons. The SMILES string of the molecule is [2H]C(C)O[C@H]1[C@H](OCc2ccccc2)[C@@H](NC(C)=O)C(O)(Cc2ccccc2)O[C@@H]1COCc1ccccc1. The van der Waals surface area contributed by atoms with Crippen LogP contribution in [-0.4, -0.2) is 54.3 Å². The normalized spacial score (nSPS) is 26.3. The van der Waals surface area contributed by atoms with Crippen molar-refractivity contribution in [3.8, 4) is 0 Å². The molecular formula is C31H37NO6. The van der Waals surface area contributed by atoms with Gasteiger partial charge >= 0.3 is 0 Å². The van der Waals surface area contributed by atoms with E-state index in [9.17, 15) is 9.90 Å². The van der Waals surface area contributed by atoms with Gasteiger partial charge in [0.15, 0.2) is 5.79 Å². The van der Waals surface area contributed by atoms with Crippen molar-refractivity contribution in [1.82, 2.24) is 5.32 Å². The molecule has 0 bridgehead atoms. The average molecular weight is 521 g/mol. The van der Waals surface area contributed by atoms with E-state index in [2.05, 4.69) is 5.32 Å². The average Bonchev–Trinajstić information content (AvgIpc) is 2.92. The molecule has 0 saturated carbocycles. The van der Waals surface area contributed by atoms with E-state index >= 15 is 0 Å². The molecule has 1 saturated heterocycles. The fourth-order valence-electron chi connectivity index (χ4n) is 4.79. The molecule has 1 heterocycles. The number of hydrogen-bond donors (Lipinski definition) is 2. The molecule has 1 amide bonds. The van der Waals surface area contributed by atoms with Gasteiger partial charge in [0.05, 0.1) is 21.2 Å². The lowest BCUT2D eigenvalue weighted by Gasteiger charge is -2.50. The van der Waals surface area contributed by atoms with Crippen LogP contribution in [0.2, 0.25) is 0 Å². The van der Waals surface area contributed by atoms with Crippen molar-refractivity contribution in [2.45, 2.75) is 63.6 Å². The van der Waals surface area contributed by atoms with Crippen molar-refractivity contribution >= 4 is 5.91 Å². The van der Waals surface area contributed by atoms with Crippen LogP contribution in [0.15, 0.2) is 91.0 Å². The second-order valence-electron chi connectivity index (χ2n) is 9.44. The molecular weight excluding hydrogens is 482 g/mol. The molecule has 3 aromatic carbocycles. The number of benzene rings is 3. The predicted molar refractivity (Wildman–Crippen MR) is 144 cm³/mol. The summed E-state index contributed by atoms with van der Waals surface area (Å²) in [5, 5.41) is 14.9. The summed E-state index contributed by atoms with van der Waals surface area (Å²) in [7, 11) is 0. The Morgan fingerprint density at radius 3 is 2.00 bits per heavy atom. The molecule has 0 radical (unpaired) electrons. The number of hydrogen-bond acceptors (Lipinski definition) is 6. The smallest absolute Gasteiger partial charge is 0.217 e. The Kier molecular flexibility index (Phi) is 9.53. The summed E-state index contributed by atoms with van der Waals surface area (Å²) in [6.07, 6.45) is -2.32. The quantitative estimate of drug-likeness (QED) is 0.375. The first-order valence-electron chi connectivity index (χ1n) is 13.5. The summed E-state index contributed by atoms with van der Waals surface area (Å²) >= 11 is 0. The van der Waals surface area contributed by atoms with Gasteiger partial charge in [-0.15, -0.1) is 0 Å². The molecule has 4 rings (SSSR count). The van der Waals surface area contributed by atoms with E-state index in [1.54, 1.807) is 6.92 Å². The number of aliphatic hydroxyl groups is 1. The van der Waals surface area contributed by atoms with E-state index in [1.807, 2.05) is 91.0 Å². The third-order valence-electron chi connectivity index (χ3n) is 6.49. The van der Waals surface area contributed by atoms with Gasteiger partial charge in [-0.1, -0.05) is 91.0 Å². The number of rotatable bonds is 12. The molecule has 1 aliphatic rings. The first-order valence-corrected chi connectivity index (χ1v) is 12.9. The van der Waals surface area contributed by atoms with E-state index in [1.165, 1.54) is 6.92 Å². The molecule has 38 heavy (non-hydrogen) atoms. The Labute approximate surface area is 226 Å². The van der Waals surface area contributed by atoms with Crippen LogP contribution in [0.4, 0.5) is 0 Å². The monoisotopic (exact) mass is 520 g/mol. The van der Waals surface area contributed by atoms with Gasteiger partial charge in [0.1, 0.15) is 24.4 Å². The Morgan fingerprint density at radius 1 is 0.895 bits per heavy atom. The lowest BCUT2D eigenvalue weighted by molar-refractivity contribution is -0.330. The molecule has 2 N–H and O–H groups in total. The highest BCUT2D eigenvalue weighted by Gasteiger charge is 2.55. The van der Waals surface area contributed by atoms with E-state index in [-0.39, 0.29) is 25.5 Å². The highest BCUT2D eigenvalue weighted by atomic mass is 16.7. The highest BCUT2D eigenvalue weighted by Crippen LogP contribution is 2.35. The number of carbonyl (C=O) groups excluding carboxylic acids is 1. The van der Waals surface area contributed by atoms with Gasteiger partial charge in [-0.3, -0.25) is 4.79 Å². The van der Waals surface area contributed by atoms with E-state index in [4.69, 9.17) is 20.3 Å². The van der Waals surface area contributed by atoms with E-state index in [0.717, 1.165) is 16.7 Å². The zero-order chi connectivity index (χ0) is 27.7. The Morgan fingerprint density at radius 2 is 1.45 bits per heavy atom. The number of ether oxygens (including phenoxy) is 4. The minimum atomic E-state index is -1.83. The van der Waals surface area contributed by atoms with Crippen LogP contribution in [0.5, 0.6) is 0 Å². The van der Waals surface area contributed by atoms with Crippen LogP contribution in [-0.2, 0) is 43.4 Å². The molecule has 7 nitrogen and oxygen atoms in total. The molecule has 6 atom stereocenters. The Bertz CT molecular complexity index is 1150. The van der Waals surface area contributed by atoms with Crippen molar-refractivity contribution in [2.75, 3.05) is 13.2 Å². The van der Waals surface area contributed by atoms with Gasteiger partial charge < -0.3 is 29.4 Å². The molecule has 7 heteroatoms. The molecule has 0 spiro atoms. The maximum absolute atomic E-state index is 12.4. The lowest BCUT2D eigenvalue weighted by Crippen LogP contribution is -2.71. The second-order valence-corrected chi connectivity index (χ2v) is 9.44. The fourth-order valence-corrected chi connectivity index (χ4v) is 4.79. The second kappa shape index (κ2) is 13.6.